The van der Waals surface area contributed by atoms with E-state index in [2.05, 4.69) is 21.1 Å². The molecule has 0 amide bonds. The standard InChI is InChI=1S/C9H4BrF3N2O2S2/c10-15(9-3-18-4-14-9)19(16,17)8-2-6(12)5(11)1-7(8)13/h1-4H. The lowest BCUT2D eigenvalue weighted by Gasteiger charge is -2.14. The van der Waals surface area contributed by atoms with Crippen LogP contribution in [0.2, 0.25) is 0 Å². The first-order valence-corrected chi connectivity index (χ1v) is 7.67. The van der Waals surface area contributed by atoms with Gasteiger partial charge in [-0.25, -0.2) is 26.6 Å². The third kappa shape index (κ3) is 2.60. The third-order valence-electron chi connectivity index (χ3n) is 2.06. The molecule has 0 aliphatic carbocycles. The van der Waals surface area contributed by atoms with Crippen LogP contribution in [0.4, 0.5) is 19.0 Å². The Labute approximate surface area is 118 Å². The molecule has 2 aromatic rings. The molecule has 2 rings (SSSR count). The number of sulfonamides is 1. The minimum atomic E-state index is -4.42. The summed E-state index contributed by atoms with van der Waals surface area (Å²) >= 11 is 3.82. The van der Waals surface area contributed by atoms with Gasteiger partial charge < -0.3 is 0 Å². The zero-order chi connectivity index (χ0) is 14.2. The van der Waals surface area contributed by atoms with Gasteiger partial charge in [0, 0.05) is 17.5 Å². The van der Waals surface area contributed by atoms with Gasteiger partial charge >= 0.3 is 0 Å². The first kappa shape index (κ1) is 14.3. The monoisotopic (exact) mass is 372 g/mol. The Kier molecular flexibility index (Phi) is 3.83. The summed E-state index contributed by atoms with van der Waals surface area (Å²) in [4.78, 5) is 2.72. The molecule has 1 heterocycles. The van der Waals surface area contributed by atoms with Crippen LogP contribution in [0, 0.1) is 17.5 Å². The second kappa shape index (κ2) is 5.10. The van der Waals surface area contributed by atoms with Crippen LogP contribution in [0.15, 0.2) is 27.9 Å². The van der Waals surface area contributed by atoms with Crippen molar-refractivity contribution in [1.82, 2.24) is 4.98 Å². The van der Waals surface area contributed by atoms with Gasteiger partial charge in [0.2, 0.25) is 0 Å². The van der Waals surface area contributed by atoms with Crippen LogP contribution < -0.4 is 3.33 Å². The van der Waals surface area contributed by atoms with E-state index in [1.165, 1.54) is 10.9 Å². The molecular weight excluding hydrogens is 369 g/mol. The van der Waals surface area contributed by atoms with E-state index in [1.807, 2.05) is 0 Å². The predicted molar refractivity (Wildman–Crippen MR) is 67.0 cm³/mol. The van der Waals surface area contributed by atoms with Crippen LogP contribution in [0.3, 0.4) is 0 Å². The average molecular weight is 373 g/mol. The number of rotatable bonds is 3. The van der Waals surface area contributed by atoms with Crippen molar-refractivity contribution in [3.63, 3.8) is 0 Å². The number of aromatic nitrogens is 1. The van der Waals surface area contributed by atoms with Crippen molar-refractivity contribution >= 4 is 43.3 Å². The lowest BCUT2D eigenvalue weighted by atomic mass is 10.3. The molecule has 0 spiro atoms. The Bertz CT molecular complexity index is 707. The average Bonchev–Trinajstić information content (AvgIpc) is 2.86. The van der Waals surface area contributed by atoms with Gasteiger partial charge in [-0.3, -0.25) is 0 Å². The Morgan fingerprint density at radius 3 is 2.37 bits per heavy atom. The summed E-state index contributed by atoms with van der Waals surface area (Å²) in [5, 5.41) is 1.38. The van der Waals surface area contributed by atoms with Gasteiger partial charge in [-0.1, -0.05) is 0 Å². The molecule has 1 aromatic carbocycles. The maximum absolute atomic E-state index is 13.5. The molecule has 0 atom stereocenters. The van der Waals surface area contributed by atoms with Crippen molar-refractivity contribution < 1.29 is 21.6 Å². The number of halogens is 4. The highest BCUT2D eigenvalue weighted by Gasteiger charge is 2.29. The summed E-state index contributed by atoms with van der Waals surface area (Å²) < 4.78 is 63.9. The molecule has 10 heteroatoms. The van der Waals surface area contributed by atoms with Crippen molar-refractivity contribution in [3.05, 3.63) is 40.5 Å². The summed E-state index contributed by atoms with van der Waals surface area (Å²) in [6.45, 7) is 0. The van der Waals surface area contributed by atoms with Crippen LogP contribution in [0.5, 0.6) is 0 Å². The number of nitrogens with zero attached hydrogens (tertiary/aromatic N) is 2. The number of benzene rings is 1. The zero-order valence-electron chi connectivity index (χ0n) is 8.85. The summed E-state index contributed by atoms with van der Waals surface area (Å²) in [6.07, 6.45) is 0. The largest absolute Gasteiger partial charge is 0.278 e. The highest BCUT2D eigenvalue weighted by molar-refractivity contribution is 9.11. The van der Waals surface area contributed by atoms with Crippen LogP contribution in [0.1, 0.15) is 0 Å². The summed E-state index contributed by atoms with van der Waals surface area (Å²) in [5.41, 5.74) is 1.36. The van der Waals surface area contributed by atoms with Gasteiger partial charge in [0.25, 0.3) is 10.0 Å². The molecule has 1 aromatic heterocycles. The molecule has 0 N–H and O–H groups in total. The van der Waals surface area contributed by atoms with Crippen molar-refractivity contribution in [2.45, 2.75) is 4.90 Å². The van der Waals surface area contributed by atoms with Crippen molar-refractivity contribution in [2.24, 2.45) is 0 Å². The number of thiazole rings is 1. The predicted octanol–water partition coefficient (Wildman–Crippen LogP) is 3.07. The van der Waals surface area contributed by atoms with Crippen LogP contribution in [-0.2, 0) is 10.0 Å². The molecule has 0 aliphatic heterocycles. The molecule has 4 nitrogen and oxygen atoms in total. The second-order valence-corrected chi connectivity index (χ2v) is 6.92. The Morgan fingerprint density at radius 2 is 1.79 bits per heavy atom. The molecule has 0 aliphatic rings. The van der Waals surface area contributed by atoms with Crippen molar-refractivity contribution in [3.8, 4) is 0 Å². The summed E-state index contributed by atoms with van der Waals surface area (Å²) in [7, 11) is -4.42. The Hall–Kier alpha value is -1.13. The Balaban J connectivity index is 2.54. The van der Waals surface area contributed by atoms with Gasteiger partial charge in [0.05, 0.1) is 21.7 Å². The zero-order valence-corrected chi connectivity index (χ0v) is 12.1. The fourth-order valence-corrected chi connectivity index (χ4v) is 3.66. The summed E-state index contributed by atoms with van der Waals surface area (Å²) in [6, 6.07) is 0.449. The van der Waals surface area contributed by atoms with Crippen LogP contribution in [-0.4, -0.2) is 13.4 Å². The first-order chi connectivity index (χ1) is 8.84. The molecule has 0 fully saturated rings. The van der Waals surface area contributed by atoms with Gasteiger partial charge in [-0.15, -0.1) is 11.3 Å². The van der Waals surface area contributed by atoms with Crippen molar-refractivity contribution in [1.29, 1.82) is 0 Å². The molecule has 0 radical (unpaired) electrons. The fourth-order valence-electron chi connectivity index (χ4n) is 1.20. The summed E-state index contributed by atoms with van der Waals surface area (Å²) in [5.74, 6) is -4.34. The smallest absolute Gasteiger partial charge is 0.226 e. The normalized spacial score (nSPS) is 11.6. The van der Waals surface area contributed by atoms with E-state index in [0.29, 0.717) is 3.33 Å². The van der Waals surface area contributed by atoms with E-state index in [0.717, 1.165) is 11.3 Å². The number of hydrogen-bond donors (Lipinski definition) is 0. The van der Waals surface area contributed by atoms with Crippen LogP contribution >= 0.6 is 27.5 Å². The fraction of sp³-hybridized carbons (Fsp3) is 0. The molecule has 0 saturated heterocycles. The van der Waals surface area contributed by atoms with Gasteiger partial charge in [-0.05, 0) is 0 Å². The quantitative estimate of drug-likeness (QED) is 0.614. The molecule has 102 valence electrons. The lowest BCUT2D eigenvalue weighted by Crippen LogP contribution is -2.22. The van der Waals surface area contributed by atoms with E-state index in [9.17, 15) is 21.6 Å². The van der Waals surface area contributed by atoms with Gasteiger partial charge in [0.15, 0.2) is 17.5 Å². The number of hydrogen-bond acceptors (Lipinski definition) is 4. The topological polar surface area (TPSA) is 50.3 Å². The minimum absolute atomic E-state index is 0.0193. The third-order valence-corrected chi connectivity index (χ3v) is 5.62. The van der Waals surface area contributed by atoms with Gasteiger partial charge in [0.1, 0.15) is 10.7 Å². The maximum atomic E-state index is 13.5. The number of anilines is 1. The van der Waals surface area contributed by atoms with E-state index in [-0.39, 0.29) is 18.0 Å². The van der Waals surface area contributed by atoms with E-state index in [1.54, 1.807) is 0 Å². The Morgan fingerprint density at radius 1 is 1.16 bits per heavy atom. The molecule has 0 bridgehead atoms. The maximum Gasteiger partial charge on any atom is 0.278 e. The SMILES string of the molecule is O=S(=O)(c1cc(F)c(F)cc1F)N(Br)c1cscn1. The van der Waals surface area contributed by atoms with E-state index in [4.69, 9.17) is 0 Å². The first-order valence-electron chi connectivity index (χ1n) is 4.58. The minimum Gasteiger partial charge on any atom is -0.226 e. The van der Waals surface area contributed by atoms with E-state index >= 15 is 0 Å². The molecule has 19 heavy (non-hydrogen) atoms. The molecule has 0 unspecified atom stereocenters. The van der Waals surface area contributed by atoms with Crippen molar-refractivity contribution in [2.75, 3.05) is 3.33 Å². The van der Waals surface area contributed by atoms with E-state index < -0.39 is 32.4 Å². The second-order valence-electron chi connectivity index (χ2n) is 3.26. The van der Waals surface area contributed by atoms with Crippen LogP contribution in [0.25, 0.3) is 0 Å². The highest BCUT2D eigenvalue weighted by atomic mass is 79.9. The van der Waals surface area contributed by atoms with Gasteiger partial charge in [-0.2, -0.15) is 3.33 Å². The molecular formula is C9H4BrF3N2O2S2. The molecule has 0 saturated carbocycles. The highest BCUT2D eigenvalue weighted by Crippen LogP contribution is 2.29. The lowest BCUT2D eigenvalue weighted by molar-refractivity contribution is 0.482.